The van der Waals surface area contributed by atoms with E-state index in [4.69, 9.17) is 11.6 Å². The molecular formula is C20H23ClN4O. The van der Waals surface area contributed by atoms with Gasteiger partial charge in [-0.2, -0.15) is 0 Å². The number of nitrogens with zero attached hydrogens (tertiary/aromatic N) is 3. The summed E-state index contributed by atoms with van der Waals surface area (Å²) in [6, 6.07) is 5.96. The fraction of sp³-hybridized carbons (Fsp3) is 0.450. The highest BCUT2D eigenvalue weighted by molar-refractivity contribution is 6.33. The van der Waals surface area contributed by atoms with Crippen molar-refractivity contribution < 1.29 is 4.79 Å². The number of hydrogen-bond acceptors (Lipinski definition) is 4. The number of halogens is 1. The third-order valence-corrected chi connectivity index (χ3v) is 5.80. The second kappa shape index (κ2) is 7.23. The van der Waals surface area contributed by atoms with Crippen molar-refractivity contribution in [3.63, 3.8) is 0 Å². The number of anilines is 2. The lowest BCUT2D eigenvalue weighted by atomic mass is 9.91. The quantitative estimate of drug-likeness (QED) is 0.858. The molecule has 4 rings (SSSR count). The molecule has 6 heteroatoms. The number of amides is 1. The highest BCUT2D eigenvalue weighted by Crippen LogP contribution is 2.37. The molecule has 136 valence electrons. The van der Waals surface area contributed by atoms with E-state index in [-0.39, 0.29) is 5.91 Å². The maximum Gasteiger partial charge on any atom is 0.255 e. The zero-order valence-electron chi connectivity index (χ0n) is 14.9. The summed E-state index contributed by atoms with van der Waals surface area (Å²) in [5.74, 6) is 1.26. The predicted octanol–water partition coefficient (Wildman–Crippen LogP) is 4.59. The average Bonchev–Trinajstić information content (AvgIpc) is 3.13. The van der Waals surface area contributed by atoms with Gasteiger partial charge in [-0.15, -0.1) is 0 Å². The molecule has 2 aromatic rings. The van der Waals surface area contributed by atoms with E-state index >= 15 is 0 Å². The first-order valence-electron chi connectivity index (χ1n) is 9.28. The monoisotopic (exact) mass is 370 g/mol. The van der Waals surface area contributed by atoms with Crippen LogP contribution in [0.4, 0.5) is 11.5 Å². The zero-order valence-corrected chi connectivity index (χ0v) is 15.7. The minimum absolute atomic E-state index is 0.0551. The molecule has 5 nitrogen and oxygen atoms in total. The van der Waals surface area contributed by atoms with Crippen molar-refractivity contribution in [2.75, 3.05) is 11.9 Å². The van der Waals surface area contributed by atoms with Gasteiger partial charge in [-0.3, -0.25) is 9.78 Å². The lowest BCUT2D eigenvalue weighted by molar-refractivity contribution is 0.0548. The fourth-order valence-electron chi connectivity index (χ4n) is 4.20. The third-order valence-electron chi connectivity index (χ3n) is 5.52. The predicted molar refractivity (Wildman–Crippen MR) is 103 cm³/mol. The van der Waals surface area contributed by atoms with Crippen LogP contribution >= 0.6 is 11.6 Å². The highest BCUT2D eigenvalue weighted by atomic mass is 35.5. The van der Waals surface area contributed by atoms with E-state index in [1.54, 1.807) is 18.5 Å². The summed E-state index contributed by atoms with van der Waals surface area (Å²) in [6.07, 6.45) is 9.30. The number of pyridine rings is 2. The number of hydrogen-bond donors (Lipinski definition) is 1. The van der Waals surface area contributed by atoms with Crippen molar-refractivity contribution in [1.29, 1.82) is 0 Å². The Labute approximate surface area is 158 Å². The minimum atomic E-state index is 0.0551. The van der Waals surface area contributed by atoms with Crippen molar-refractivity contribution >= 4 is 29.0 Å². The second-order valence-electron chi connectivity index (χ2n) is 7.27. The first kappa shape index (κ1) is 17.3. The third kappa shape index (κ3) is 3.40. The molecule has 0 bridgehead atoms. The van der Waals surface area contributed by atoms with Gasteiger partial charge < -0.3 is 10.2 Å². The van der Waals surface area contributed by atoms with Crippen LogP contribution < -0.4 is 5.32 Å². The molecule has 0 spiro atoms. The minimum Gasteiger partial charge on any atom is -0.338 e. The highest BCUT2D eigenvalue weighted by Gasteiger charge is 2.37. The molecule has 2 aliphatic rings. The Hall–Kier alpha value is -2.14. The standard InChI is InChI=1S/C20H23ClN4O/c1-13-7-8-16(12-22-13)24-19-17(21)10-15(11-23-19)20(26)25-9-3-5-14-4-2-6-18(14)25/h7-8,10-12,14,18H,2-6,9H2,1H3,(H,23,24). The maximum absolute atomic E-state index is 13.0. The van der Waals surface area contributed by atoms with Gasteiger partial charge in [-0.05, 0) is 56.7 Å². The number of likely N-dealkylation sites (tertiary alicyclic amines) is 1. The maximum atomic E-state index is 13.0. The Morgan fingerprint density at radius 2 is 2.04 bits per heavy atom. The van der Waals surface area contributed by atoms with Gasteiger partial charge in [-0.25, -0.2) is 4.98 Å². The smallest absolute Gasteiger partial charge is 0.255 e. The molecular weight excluding hydrogens is 348 g/mol. The normalized spacial score (nSPS) is 22.2. The Morgan fingerprint density at radius 1 is 1.19 bits per heavy atom. The second-order valence-corrected chi connectivity index (χ2v) is 7.67. The molecule has 2 unspecified atom stereocenters. The molecule has 0 aromatic carbocycles. The molecule has 1 aliphatic carbocycles. The number of aryl methyl sites for hydroxylation is 1. The Bertz CT molecular complexity index is 808. The lowest BCUT2D eigenvalue weighted by Crippen LogP contribution is -2.46. The van der Waals surface area contributed by atoms with Crippen LogP contribution in [0.2, 0.25) is 5.02 Å². The summed E-state index contributed by atoms with van der Waals surface area (Å²) in [7, 11) is 0. The number of aromatic nitrogens is 2. The van der Waals surface area contributed by atoms with Crippen molar-refractivity contribution in [2.45, 2.75) is 45.1 Å². The number of piperidine rings is 1. The van der Waals surface area contributed by atoms with Gasteiger partial charge in [0.15, 0.2) is 0 Å². The van der Waals surface area contributed by atoms with Crippen LogP contribution in [-0.4, -0.2) is 33.4 Å². The van der Waals surface area contributed by atoms with E-state index in [1.165, 1.54) is 19.3 Å². The molecule has 0 radical (unpaired) electrons. The molecule has 1 saturated heterocycles. The van der Waals surface area contributed by atoms with Gasteiger partial charge in [0.25, 0.3) is 5.91 Å². The molecule has 1 N–H and O–H groups in total. The summed E-state index contributed by atoms with van der Waals surface area (Å²) in [5, 5.41) is 3.59. The number of carbonyl (C=O) groups excluding carboxylic acids is 1. The van der Waals surface area contributed by atoms with E-state index in [2.05, 4.69) is 15.3 Å². The Morgan fingerprint density at radius 3 is 2.81 bits per heavy atom. The van der Waals surface area contributed by atoms with E-state index in [1.807, 2.05) is 24.0 Å². The van der Waals surface area contributed by atoms with Crippen molar-refractivity contribution in [3.8, 4) is 0 Å². The molecule has 2 fully saturated rings. The zero-order chi connectivity index (χ0) is 18.1. The molecule has 1 amide bonds. The summed E-state index contributed by atoms with van der Waals surface area (Å²) in [6.45, 7) is 2.78. The van der Waals surface area contributed by atoms with Crippen LogP contribution in [0.1, 0.15) is 48.2 Å². The van der Waals surface area contributed by atoms with Gasteiger partial charge in [0.05, 0.1) is 22.5 Å². The van der Waals surface area contributed by atoms with Crippen LogP contribution in [-0.2, 0) is 0 Å². The van der Waals surface area contributed by atoms with E-state index in [0.29, 0.717) is 28.4 Å². The van der Waals surface area contributed by atoms with Crippen LogP contribution in [0, 0.1) is 12.8 Å². The molecule has 2 aromatic heterocycles. The van der Waals surface area contributed by atoms with E-state index < -0.39 is 0 Å². The lowest BCUT2D eigenvalue weighted by Gasteiger charge is -2.37. The van der Waals surface area contributed by atoms with Crippen molar-refractivity contribution in [3.05, 3.63) is 46.9 Å². The largest absolute Gasteiger partial charge is 0.338 e. The van der Waals surface area contributed by atoms with Gasteiger partial charge in [0.2, 0.25) is 0 Å². The number of carbonyl (C=O) groups is 1. The number of fused-ring (bicyclic) bond motifs is 1. The SMILES string of the molecule is Cc1ccc(Nc2ncc(C(=O)N3CCCC4CCCC43)cc2Cl)cn1. The summed E-state index contributed by atoms with van der Waals surface area (Å²) < 4.78 is 0. The molecule has 26 heavy (non-hydrogen) atoms. The fourth-order valence-corrected chi connectivity index (χ4v) is 4.41. The van der Waals surface area contributed by atoms with Gasteiger partial charge in [-0.1, -0.05) is 18.0 Å². The molecule has 2 atom stereocenters. The topological polar surface area (TPSA) is 58.1 Å². The summed E-state index contributed by atoms with van der Waals surface area (Å²) in [4.78, 5) is 23.7. The van der Waals surface area contributed by atoms with Crippen LogP contribution in [0.25, 0.3) is 0 Å². The van der Waals surface area contributed by atoms with Gasteiger partial charge >= 0.3 is 0 Å². The molecule has 3 heterocycles. The van der Waals surface area contributed by atoms with E-state index in [0.717, 1.165) is 30.8 Å². The van der Waals surface area contributed by atoms with Crippen LogP contribution in [0.3, 0.4) is 0 Å². The first-order chi connectivity index (χ1) is 12.6. The summed E-state index contributed by atoms with van der Waals surface area (Å²) in [5.41, 5.74) is 2.33. The van der Waals surface area contributed by atoms with Crippen molar-refractivity contribution in [1.82, 2.24) is 14.9 Å². The van der Waals surface area contributed by atoms with Crippen molar-refractivity contribution in [2.24, 2.45) is 5.92 Å². The van der Waals surface area contributed by atoms with Gasteiger partial charge in [0.1, 0.15) is 5.82 Å². The average molecular weight is 371 g/mol. The van der Waals surface area contributed by atoms with Crippen LogP contribution in [0.15, 0.2) is 30.6 Å². The Kier molecular flexibility index (Phi) is 4.81. The summed E-state index contributed by atoms with van der Waals surface area (Å²) >= 11 is 6.39. The molecule has 1 aliphatic heterocycles. The molecule has 1 saturated carbocycles. The van der Waals surface area contributed by atoms with Crippen LogP contribution in [0.5, 0.6) is 0 Å². The first-order valence-corrected chi connectivity index (χ1v) is 9.66. The number of rotatable bonds is 3. The van der Waals surface area contributed by atoms with Gasteiger partial charge in [0, 0.05) is 24.5 Å². The Balaban J connectivity index is 1.51. The number of nitrogens with one attached hydrogen (secondary N) is 1. The van der Waals surface area contributed by atoms with E-state index in [9.17, 15) is 4.79 Å².